The molecule has 0 saturated carbocycles. The van der Waals surface area contributed by atoms with Crippen LogP contribution in [0.2, 0.25) is 0 Å². The van der Waals surface area contributed by atoms with E-state index in [-0.39, 0.29) is 16.9 Å². The van der Waals surface area contributed by atoms with Crippen LogP contribution in [0.25, 0.3) is 0 Å². The van der Waals surface area contributed by atoms with Crippen LogP contribution in [0.15, 0.2) is 36.7 Å². The topological polar surface area (TPSA) is 117 Å². The third-order valence-corrected chi connectivity index (χ3v) is 3.77. The van der Waals surface area contributed by atoms with Crippen molar-refractivity contribution in [1.29, 1.82) is 0 Å². The lowest BCUT2D eigenvalue weighted by molar-refractivity contribution is -0.120. The Balaban J connectivity index is 2.26. The number of carbonyl (C=O) groups excluding carboxylic acids is 2. The molecule has 7 nitrogen and oxygen atoms in total. The average molecular weight is 444 g/mol. The molecule has 0 aliphatic carbocycles. The Morgan fingerprint density at radius 3 is 2.71 bits per heavy atom. The fourth-order valence-corrected chi connectivity index (χ4v) is 2.32. The first-order chi connectivity index (χ1) is 11.4. The Hall–Kier alpha value is -2.27. The highest BCUT2D eigenvalue weighted by molar-refractivity contribution is 14.1. The molecule has 0 fully saturated rings. The van der Waals surface area contributed by atoms with Gasteiger partial charge in [0.15, 0.2) is 0 Å². The summed E-state index contributed by atoms with van der Waals surface area (Å²) in [5.41, 5.74) is 5.62. The average Bonchev–Trinajstić information content (AvgIpc) is 2.55. The summed E-state index contributed by atoms with van der Waals surface area (Å²) in [6, 6.07) is 4.77. The van der Waals surface area contributed by atoms with E-state index in [1.54, 1.807) is 6.07 Å². The molecule has 0 spiro atoms. The van der Waals surface area contributed by atoms with Gasteiger partial charge in [-0.1, -0.05) is 0 Å². The summed E-state index contributed by atoms with van der Waals surface area (Å²) in [6.07, 6.45) is 2.73. The zero-order valence-electron chi connectivity index (χ0n) is 12.3. The van der Waals surface area contributed by atoms with E-state index in [9.17, 15) is 14.0 Å². The molecule has 24 heavy (non-hydrogen) atoms. The van der Waals surface area contributed by atoms with Crippen LogP contribution in [0.3, 0.4) is 0 Å². The van der Waals surface area contributed by atoms with Crippen LogP contribution in [-0.2, 0) is 4.79 Å². The Bertz CT molecular complexity index is 772. The molecule has 1 aromatic carbocycles. The number of nitrogens with two attached hydrogens (primary N) is 1. The number of rotatable bonds is 6. The molecule has 5 N–H and O–H groups in total. The molecule has 1 heterocycles. The standard InChI is InChI=1S/C15H14FIN4O3/c16-10-5-8(17)1-2-11(10)20-12-6-19-4-3-9(12)15(24)21-13(7-22)14(18)23/h1-6,13,20,22H,7H2,(H2,18,23)(H,21,24)/t13-/m0/s1. The number of aliphatic hydroxyl groups excluding tert-OH is 1. The van der Waals surface area contributed by atoms with Crippen LogP contribution in [0, 0.1) is 9.39 Å². The largest absolute Gasteiger partial charge is 0.394 e. The van der Waals surface area contributed by atoms with E-state index in [4.69, 9.17) is 10.8 Å². The second kappa shape index (κ2) is 8.02. The molecule has 0 radical (unpaired) electrons. The van der Waals surface area contributed by atoms with Crippen molar-refractivity contribution in [3.63, 3.8) is 0 Å². The second-order valence-electron chi connectivity index (χ2n) is 4.78. The Kier molecular flexibility index (Phi) is 6.04. The maximum Gasteiger partial charge on any atom is 0.254 e. The summed E-state index contributed by atoms with van der Waals surface area (Å²) >= 11 is 1.98. The first-order valence-electron chi connectivity index (χ1n) is 6.79. The lowest BCUT2D eigenvalue weighted by Gasteiger charge is -2.15. The molecule has 0 saturated heterocycles. The van der Waals surface area contributed by atoms with Crippen LogP contribution in [-0.4, -0.2) is 34.6 Å². The number of hydrogen-bond acceptors (Lipinski definition) is 5. The quantitative estimate of drug-likeness (QED) is 0.499. The normalized spacial score (nSPS) is 11.6. The van der Waals surface area contributed by atoms with E-state index >= 15 is 0 Å². The molecule has 2 rings (SSSR count). The monoisotopic (exact) mass is 444 g/mol. The molecule has 9 heteroatoms. The molecular formula is C15H14FIN4O3. The molecule has 2 aromatic rings. The molecule has 0 aliphatic heterocycles. The predicted octanol–water partition coefficient (Wildman–Crippen LogP) is 1.14. The maximum atomic E-state index is 14.0. The predicted molar refractivity (Wildman–Crippen MR) is 94.2 cm³/mol. The molecule has 126 valence electrons. The number of benzene rings is 1. The molecule has 1 atom stereocenters. The number of aliphatic hydroxyl groups is 1. The number of halogens is 2. The molecule has 1 aromatic heterocycles. The highest BCUT2D eigenvalue weighted by atomic mass is 127. The van der Waals surface area contributed by atoms with E-state index in [0.29, 0.717) is 0 Å². The number of carbonyl (C=O) groups is 2. The number of amides is 2. The van der Waals surface area contributed by atoms with E-state index in [2.05, 4.69) is 15.6 Å². The van der Waals surface area contributed by atoms with Gasteiger partial charge in [0.25, 0.3) is 5.91 Å². The summed E-state index contributed by atoms with van der Waals surface area (Å²) in [6.45, 7) is -0.624. The molecule has 0 unspecified atom stereocenters. The zero-order valence-corrected chi connectivity index (χ0v) is 14.5. The van der Waals surface area contributed by atoms with E-state index in [1.807, 2.05) is 22.6 Å². The number of nitrogens with zero attached hydrogens (tertiary/aromatic N) is 1. The van der Waals surface area contributed by atoms with Gasteiger partial charge in [-0.3, -0.25) is 14.6 Å². The first-order valence-corrected chi connectivity index (χ1v) is 7.87. The first kappa shape index (κ1) is 18.1. The fourth-order valence-electron chi connectivity index (χ4n) is 1.87. The van der Waals surface area contributed by atoms with Gasteiger partial charge in [0.2, 0.25) is 5.91 Å². The van der Waals surface area contributed by atoms with E-state index < -0.39 is 30.3 Å². The van der Waals surface area contributed by atoms with Crippen molar-refractivity contribution < 1.29 is 19.1 Å². The Morgan fingerprint density at radius 1 is 1.33 bits per heavy atom. The summed E-state index contributed by atoms with van der Waals surface area (Å²) < 4.78 is 14.7. The van der Waals surface area contributed by atoms with E-state index in [0.717, 1.165) is 3.57 Å². The number of primary amides is 1. The summed E-state index contributed by atoms with van der Waals surface area (Å²) in [5, 5.41) is 14.2. The number of aromatic nitrogens is 1. The van der Waals surface area contributed by atoms with Crippen molar-refractivity contribution in [3.8, 4) is 0 Å². The number of hydrogen-bond donors (Lipinski definition) is 4. The molecular weight excluding hydrogens is 430 g/mol. The Morgan fingerprint density at radius 2 is 2.08 bits per heavy atom. The van der Waals surface area contributed by atoms with Gasteiger partial charge in [-0.25, -0.2) is 4.39 Å². The zero-order chi connectivity index (χ0) is 17.7. The van der Waals surface area contributed by atoms with Crippen LogP contribution in [0.4, 0.5) is 15.8 Å². The SMILES string of the molecule is NC(=O)[C@H](CO)NC(=O)c1ccncc1Nc1ccc(I)cc1F. The van der Waals surface area contributed by atoms with Crippen LogP contribution in [0.5, 0.6) is 0 Å². The Labute approximate surface area is 150 Å². The van der Waals surface area contributed by atoms with Crippen molar-refractivity contribution >= 4 is 45.8 Å². The van der Waals surface area contributed by atoms with E-state index in [1.165, 1.54) is 30.6 Å². The van der Waals surface area contributed by atoms with Crippen molar-refractivity contribution in [3.05, 3.63) is 51.6 Å². The van der Waals surface area contributed by atoms with Crippen molar-refractivity contribution in [2.45, 2.75) is 6.04 Å². The molecule has 0 bridgehead atoms. The molecule has 0 aliphatic rings. The summed E-state index contributed by atoms with van der Waals surface area (Å²) in [7, 11) is 0. The van der Waals surface area contributed by atoms with Crippen LogP contribution >= 0.6 is 22.6 Å². The number of anilines is 2. The van der Waals surface area contributed by atoms with Gasteiger partial charge >= 0.3 is 0 Å². The summed E-state index contributed by atoms with van der Waals surface area (Å²) in [5.74, 6) is -2.00. The van der Waals surface area contributed by atoms with Crippen molar-refractivity contribution in [1.82, 2.24) is 10.3 Å². The number of pyridine rings is 1. The third kappa shape index (κ3) is 4.38. The van der Waals surface area contributed by atoms with Gasteiger partial charge in [-0.2, -0.15) is 0 Å². The van der Waals surface area contributed by atoms with Gasteiger partial charge in [-0.05, 0) is 46.9 Å². The fraction of sp³-hybridized carbons (Fsp3) is 0.133. The minimum atomic E-state index is -1.21. The van der Waals surface area contributed by atoms with Crippen LogP contribution in [0.1, 0.15) is 10.4 Å². The minimum absolute atomic E-state index is 0.127. The van der Waals surface area contributed by atoms with Gasteiger partial charge < -0.3 is 21.5 Å². The van der Waals surface area contributed by atoms with Crippen molar-refractivity contribution in [2.75, 3.05) is 11.9 Å². The van der Waals surface area contributed by atoms with Gasteiger partial charge in [-0.15, -0.1) is 0 Å². The molecule has 2 amide bonds. The van der Waals surface area contributed by atoms with Gasteiger partial charge in [0.05, 0.1) is 29.7 Å². The second-order valence-corrected chi connectivity index (χ2v) is 6.03. The maximum absolute atomic E-state index is 14.0. The third-order valence-electron chi connectivity index (χ3n) is 3.10. The lowest BCUT2D eigenvalue weighted by atomic mass is 10.1. The highest BCUT2D eigenvalue weighted by Gasteiger charge is 2.20. The van der Waals surface area contributed by atoms with Gasteiger partial charge in [0.1, 0.15) is 11.9 Å². The minimum Gasteiger partial charge on any atom is -0.394 e. The van der Waals surface area contributed by atoms with Crippen molar-refractivity contribution in [2.24, 2.45) is 5.73 Å². The smallest absolute Gasteiger partial charge is 0.254 e. The lowest BCUT2D eigenvalue weighted by Crippen LogP contribution is -2.46. The number of nitrogens with one attached hydrogen (secondary N) is 2. The summed E-state index contributed by atoms with van der Waals surface area (Å²) in [4.78, 5) is 27.3. The van der Waals surface area contributed by atoms with Crippen LogP contribution < -0.4 is 16.4 Å². The van der Waals surface area contributed by atoms with Gasteiger partial charge in [0, 0.05) is 9.77 Å². The highest BCUT2D eigenvalue weighted by Crippen LogP contribution is 2.23.